The second-order valence-electron chi connectivity index (χ2n) is 4.77. The molecular weight excluding hydrogens is 182 g/mol. The monoisotopic (exact) mass is 201 g/mol. The second kappa shape index (κ2) is 4.17. The van der Waals surface area contributed by atoms with Crippen LogP contribution in [0.1, 0.15) is 33.6 Å². The molecule has 14 heavy (non-hydrogen) atoms. The molecule has 0 bridgehead atoms. The van der Waals surface area contributed by atoms with E-state index in [9.17, 15) is 4.79 Å². The van der Waals surface area contributed by atoms with Gasteiger partial charge in [-0.3, -0.25) is 0 Å². The van der Waals surface area contributed by atoms with Gasteiger partial charge in [-0.1, -0.05) is 0 Å². The van der Waals surface area contributed by atoms with Crippen LogP contribution in [-0.4, -0.2) is 29.4 Å². The molecule has 4 heteroatoms. The summed E-state index contributed by atoms with van der Waals surface area (Å²) in [6.07, 6.45) is 1.73. The molecule has 1 aliphatic rings. The smallest absolute Gasteiger partial charge is 0.407 e. The van der Waals surface area contributed by atoms with E-state index in [1.807, 2.05) is 20.8 Å². The maximum absolute atomic E-state index is 11.3. The minimum absolute atomic E-state index is 0.0100. The summed E-state index contributed by atoms with van der Waals surface area (Å²) < 4.78 is 5.09. The summed E-state index contributed by atoms with van der Waals surface area (Å²) in [7, 11) is 0. The largest absolute Gasteiger partial charge is 0.444 e. The summed E-state index contributed by atoms with van der Waals surface area (Å²) in [6, 6.07) is -0.134. The van der Waals surface area contributed by atoms with Crippen molar-refractivity contribution in [3.8, 4) is 0 Å². The Kier molecular flexibility index (Phi) is 3.37. The van der Waals surface area contributed by atoms with E-state index in [1.54, 1.807) is 0 Å². The number of aliphatic hydroxyl groups is 1. The minimum Gasteiger partial charge on any atom is -0.444 e. The summed E-state index contributed by atoms with van der Waals surface area (Å²) >= 11 is 0. The molecule has 0 unspecified atom stereocenters. The second-order valence-corrected chi connectivity index (χ2v) is 4.77. The number of carbonyl (C=O) groups excluding carboxylic acids is 1. The zero-order valence-electron chi connectivity index (χ0n) is 9.04. The quantitative estimate of drug-likeness (QED) is 0.723. The fourth-order valence-electron chi connectivity index (χ4n) is 1.27. The van der Waals surface area contributed by atoms with E-state index in [4.69, 9.17) is 9.84 Å². The number of aliphatic hydroxyl groups excluding tert-OH is 1. The molecule has 0 spiro atoms. The van der Waals surface area contributed by atoms with Crippen molar-refractivity contribution < 1.29 is 14.6 Å². The number of carbonyl (C=O) groups is 1. The van der Waals surface area contributed by atoms with Crippen molar-refractivity contribution in [2.45, 2.75) is 45.3 Å². The van der Waals surface area contributed by atoms with Crippen LogP contribution in [0, 0.1) is 5.92 Å². The lowest BCUT2D eigenvalue weighted by Gasteiger charge is -2.22. The van der Waals surface area contributed by atoms with E-state index in [1.165, 1.54) is 0 Å². The predicted octanol–water partition coefficient (Wildman–Crippen LogP) is 1.28. The van der Waals surface area contributed by atoms with Crippen molar-refractivity contribution in [2.75, 3.05) is 6.61 Å². The first-order valence-corrected chi connectivity index (χ1v) is 5.03. The van der Waals surface area contributed by atoms with Crippen LogP contribution < -0.4 is 5.32 Å². The van der Waals surface area contributed by atoms with Crippen molar-refractivity contribution in [1.82, 2.24) is 5.32 Å². The Bertz CT molecular complexity index is 206. The highest BCUT2D eigenvalue weighted by molar-refractivity contribution is 5.68. The lowest BCUT2D eigenvalue weighted by Crippen LogP contribution is -2.42. The first-order chi connectivity index (χ1) is 6.42. The van der Waals surface area contributed by atoms with Crippen LogP contribution in [0.5, 0.6) is 0 Å². The minimum atomic E-state index is -0.479. The predicted molar refractivity (Wildman–Crippen MR) is 53.0 cm³/mol. The molecule has 1 aliphatic carbocycles. The Labute approximate surface area is 84.6 Å². The Hall–Kier alpha value is -0.770. The third-order valence-corrected chi connectivity index (χ3v) is 2.09. The van der Waals surface area contributed by atoms with Gasteiger partial charge in [0.25, 0.3) is 0 Å². The summed E-state index contributed by atoms with van der Waals surface area (Å²) in [4.78, 5) is 11.3. The average Bonchev–Trinajstić information content (AvgIpc) is 2.78. The molecule has 0 aliphatic heterocycles. The molecule has 0 aromatic heterocycles. The molecule has 1 fully saturated rings. The van der Waals surface area contributed by atoms with Gasteiger partial charge >= 0.3 is 6.09 Å². The number of ether oxygens (including phenoxy) is 1. The van der Waals surface area contributed by atoms with Crippen molar-refractivity contribution in [2.24, 2.45) is 5.92 Å². The molecule has 0 heterocycles. The lowest BCUT2D eigenvalue weighted by atomic mass is 10.2. The maximum Gasteiger partial charge on any atom is 0.407 e. The van der Waals surface area contributed by atoms with Gasteiger partial charge in [0, 0.05) is 0 Å². The first-order valence-electron chi connectivity index (χ1n) is 5.03. The van der Waals surface area contributed by atoms with Crippen molar-refractivity contribution >= 4 is 6.09 Å². The average molecular weight is 201 g/mol. The number of hydrogen-bond donors (Lipinski definition) is 2. The number of amides is 1. The fourth-order valence-corrected chi connectivity index (χ4v) is 1.27. The molecule has 0 aromatic carbocycles. The third kappa shape index (κ3) is 3.96. The fraction of sp³-hybridized carbons (Fsp3) is 0.900. The molecule has 0 radical (unpaired) electrons. The Balaban J connectivity index is 2.31. The van der Waals surface area contributed by atoms with E-state index in [-0.39, 0.29) is 12.6 Å². The summed E-state index contributed by atoms with van der Waals surface area (Å²) in [5.41, 5.74) is -0.479. The van der Waals surface area contributed by atoms with Gasteiger partial charge in [0.1, 0.15) is 5.60 Å². The number of nitrogens with one attached hydrogen (secondary N) is 1. The van der Waals surface area contributed by atoms with Crippen LogP contribution >= 0.6 is 0 Å². The molecule has 0 saturated heterocycles. The molecule has 1 amide bonds. The summed E-state index contributed by atoms with van der Waals surface area (Å²) in [5.74, 6) is 0.438. The summed E-state index contributed by atoms with van der Waals surface area (Å²) in [5, 5.41) is 11.7. The topological polar surface area (TPSA) is 58.6 Å². The van der Waals surface area contributed by atoms with Gasteiger partial charge in [0.05, 0.1) is 12.6 Å². The SMILES string of the molecule is CC(C)(C)OC(=O)N[C@@H](CO)C1CC1. The molecule has 2 N–H and O–H groups in total. The normalized spacial score (nSPS) is 18.9. The Morgan fingerprint density at radius 3 is 2.50 bits per heavy atom. The van der Waals surface area contributed by atoms with Crippen LogP contribution in [0.15, 0.2) is 0 Å². The molecule has 82 valence electrons. The van der Waals surface area contributed by atoms with Crippen molar-refractivity contribution in [1.29, 1.82) is 0 Å². The molecule has 1 rings (SSSR count). The van der Waals surface area contributed by atoms with Crippen molar-refractivity contribution in [3.63, 3.8) is 0 Å². The number of alkyl carbamates (subject to hydrolysis) is 1. The van der Waals surface area contributed by atoms with E-state index in [0.29, 0.717) is 5.92 Å². The van der Waals surface area contributed by atoms with Gasteiger partial charge in [0.2, 0.25) is 0 Å². The van der Waals surface area contributed by atoms with E-state index < -0.39 is 11.7 Å². The van der Waals surface area contributed by atoms with Gasteiger partial charge in [-0.2, -0.15) is 0 Å². The summed E-state index contributed by atoms with van der Waals surface area (Å²) in [6.45, 7) is 5.44. The lowest BCUT2D eigenvalue weighted by molar-refractivity contribution is 0.0473. The zero-order chi connectivity index (χ0) is 10.8. The van der Waals surface area contributed by atoms with Crippen LogP contribution in [0.4, 0.5) is 4.79 Å². The highest BCUT2D eigenvalue weighted by atomic mass is 16.6. The highest BCUT2D eigenvalue weighted by Gasteiger charge is 2.32. The number of rotatable bonds is 3. The molecular formula is C10H19NO3. The first kappa shape index (κ1) is 11.3. The van der Waals surface area contributed by atoms with Gasteiger partial charge in [-0.15, -0.1) is 0 Å². The van der Waals surface area contributed by atoms with Crippen LogP contribution in [0.2, 0.25) is 0 Å². The zero-order valence-corrected chi connectivity index (χ0v) is 9.04. The van der Waals surface area contributed by atoms with Gasteiger partial charge in [-0.05, 0) is 39.5 Å². The van der Waals surface area contributed by atoms with Gasteiger partial charge in [0.15, 0.2) is 0 Å². The van der Waals surface area contributed by atoms with Gasteiger partial charge < -0.3 is 15.2 Å². The van der Waals surface area contributed by atoms with Crippen molar-refractivity contribution in [3.05, 3.63) is 0 Å². The molecule has 1 atom stereocenters. The van der Waals surface area contributed by atoms with Crippen LogP contribution in [0.3, 0.4) is 0 Å². The third-order valence-electron chi connectivity index (χ3n) is 2.09. The Morgan fingerprint density at radius 2 is 2.14 bits per heavy atom. The molecule has 4 nitrogen and oxygen atoms in total. The maximum atomic E-state index is 11.3. The molecule has 1 saturated carbocycles. The van der Waals surface area contributed by atoms with E-state index >= 15 is 0 Å². The Morgan fingerprint density at radius 1 is 1.57 bits per heavy atom. The van der Waals surface area contributed by atoms with E-state index in [0.717, 1.165) is 12.8 Å². The van der Waals surface area contributed by atoms with Crippen LogP contribution in [0.25, 0.3) is 0 Å². The highest BCUT2D eigenvalue weighted by Crippen LogP contribution is 2.32. The van der Waals surface area contributed by atoms with Crippen LogP contribution in [-0.2, 0) is 4.74 Å². The molecule has 0 aromatic rings. The number of hydrogen-bond acceptors (Lipinski definition) is 3. The standard InChI is InChI=1S/C10H19NO3/c1-10(2,3)14-9(13)11-8(6-12)7-4-5-7/h7-8,12H,4-6H2,1-3H3,(H,11,13)/t8-/m0/s1. The van der Waals surface area contributed by atoms with Gasteiger partial charge in [-0.25, -0.2) is 4.79 Å². The van der Waals surface area contributed by atoms with E-state index in [2.05, 4.69) is 5.32 Å².